The van der Waals surface area contributed by atoms with Crippen molar-refractivity contribution in [2.45, 2.75) is 6.42 Å². The third-order valence-electron chi connectivity index (χ3n) is 1.86. The molecule has 70 valence electrons. The largest absolute Gasteiger partial charge is 0.272 e. The van der Waals surface area contributed by atoms with E-state index < -0.39 is 0 Å². The van der Waals surface area contributed by atoms with Crippen molar-refractivity contribution < 1.29 is 4.79 Å². The average Bonchev–Trinajstić information content (AvgIpc) is 2.72. The molecule has 0 aromatic carbocycles. The zero-order chi connectivity index (χ0) is 9.80. The number of hydrogen-bond donors (Lipinski definition) is 0. The zero-order valence-electron chi connectivity index (χ0n) is 7.50. The lowest BCUT2D eigenvalue weighted by Crippen LogP contribution is -2.13. The molecular weight excluding hydrogens is 178 g/mol. The summed E-state index contributed by atoms with van der Waals surface area (Å²) in [4.78, 5) is 15.4. The van der Waals surface area contributed by atoms with E-state index in [0.29, 0.717) is 6.42 Å². The molecule has 0 bridgehead atoms. The van der Waals surface area contributed by atoms with E-state index in [0.717, 1.165) is 5.56 Å². The molecule has 0 aliphatic carbocycles. The fraction of sp³-hybridized carbons (Fsp3) is 0.100. The van der Waals surface area contributed by atoms with Crippen molar-refractivity contribution in [2.75, 3.05) is 0 Å². The van der Waals surface area contributed by atoms with Gasteiger partial charge in [0.15, 0.2) is 0 Å². The van der Waals surface area contributed by atoms with Gasteiger partial charge in [0.2, 0.25) is 0 Å². The maximum atomic E-state index is 11.6. The van der Waals surface area contributed by atoms with Crippen LogP contribution in [-0.4, -0.2) is 20.7 Å². The molecule has 0 aliphatic rings. The lowest BCUT2D eigenvalue weighted by Gasteiger charge is -1.99. The Kier molecular flexibility index (Phi) is 2.36. The fourth-order valence-corrected chi connectivity index (χ4v) is 1.17. The monoisotopic (exact) mass is 187 g/mol. The van der Waals surface area contributed by atoms with Crippen LogP contribution in [0.2, 0.25) is 0 Å². The van der Waals surface area contributed by atoms with E-state index in [1.54, 1.807) is 30.9 Å². The minimum Gasteiger partial charge on any atom is -0.272 e. The van der Waals surface area contributed by atoms with Gasteiger partial charge >= 0.3 is 0 Å². The first-order chi connectivity index (χ1) is 6.86. The molecule has 0 radical (unpaired) electrons. The Morgan fingerprint density at radius 3 is 2.71 bits per heavy atom. The van der Waals surface area contributed by atoms with E-state index in [-0.39, 0.29) is 5.91 Å². The number of nitrogens with zero attached hydrogens (tertiary/aromatic N) is 3. The van der Waals surface area contributed by atoms with Crippen LogP contribution in [-0.2, 0) is 6.42 Å². The summed E-state index contributed by atoms with van der Waals surface area (Å²) in [5.41, 5.74) is 0.945. The standard InChI is InChI=1S/C10H9N3O/c14-10(13-7-1-4-12-13)8-9-2-5-11-6-3-9/h1-7H,8H2. The van der Waals surface area contributed by atoms with Gasteiger partial charge in [-0.3, -0.25) is 9.78 Å². The molecule has 0 saturated heterocycles. The van der Waals surface area contributed by atoms with Crippen LogP contribution >= 0.6 is 0 Å². The highest BCUT2D eigenvalue weighted by Crippen LogP contribution is 1.99. The molecule has 0 saturated carbocycles. The molecule has 4 nitrogen and oxygen atoms in total. The van der Waals surface area contributed by atoms with E-state index in [9.17, 15) is 4.79 Å². The first-order valence-corrected chi connectivity index (χ1v) is 4.28. The second-order valence-corrected chi connectivity index (χ2v) is 2.88. The zero-order valence-corrected chi connectivity index (χ0v) is 7.50. The quantitative estimate of drug-likeness (QED) is 0.708. The first-order valence-electron chi connectivity index (χ1n) is 4.28. The van der Waals surface area contributed by atoms with Crippen LogP contribution in [0.15, 0.2) is 43.0 Å². The third kappa shape index (κ3) is 1.85. The Hall–Kier alpha value is -1.97. The van der Waals surface area contributed by atoms with Crippen molar-refractivity contribution >= 4 is 5.91 Å². The van der Waals surface area contributed by atoms with E-state index in [4.69, 9.17) is 0 Å². The number of rotatable bonds is 2. The second-order valence-electron chi connectivity index (χ2n) is 2.88. The predicted octanol–water partition coefficient (Wildman–Crippen LogP) is 1.16. The molecular formula is C10H9N3O. The van der Waals surface area contributed by atoms with Gasteiger partial charge in [-0.25, -0.2) is 4.68 Å². The molecule has 14 heavy (non-hydrogen) atoms. The summed E-state index contributed by atoms with van der Waals surface area (Å²) in [7, 11) is 0. The molecule has 2 aromatic rings. The summed E-state index contributed by atoms with van der Waals surface area (Å²) in [5, 5.41) is 3.86. The Morgan fingerprint density at radius 2 is 2.07 bits per heavy atom. The SMILES string of the molecule is O=C(Cc1ccncc1)n1cccn1. The first kappa shape index (κ1) is 8.62. The molecule has 0 spiro atoms. The minimum atomic E-state index is -0.0406. The van der Waals surface area contributed by atoms with Gasteiger partial charge in [-0.15, -0.1) is 0 Å². The fourth-order valence-electron chi connectivity index (χ4n) is 1.17. The van der Waals surface area contributed by atoms with Crippen molar-refractivity contribution in [3.05, 3.63) is 48.5 Å². The van der Waals surface area contributed by atoms with Crippen molar-refractivity contribution in [3.8, 4) is 0 Å². The molecule has 2 aromatic heterocycles. The Labute approximate surface area is 81.2 Å². The molecule has 2 heterocycles. The molecule has 0 aliphatic heterocycles. The van der Waals surface area contributed by atoms with E-state index in [1.165, 1.54) is 4.68 Å². The Morgan fingerprint density at radius 1 is 1.29 bits per heavy atom. The second kappa shape index (κ2) is 3.83. The minimum absolute atomic E-state index is 0.0406. The average molecular weight is 187 g/mol. The molecule has 4 heteroatoms. The third-order valence-corrected chi connectivity index (χ3v) is 1.86. The Balaban J connectivity index is 2.10. The van der Waals surface area contributed by atoms with E-state index >= 15 is 0 Å². The van der Waals surface area contributed by atoms with Crippen LogP contribution in [0.5, 0.6) is 0 Å². The number of carbonyl (C=O) groups is 1. The van der Waals surface area contributed by atoms with Gasteiger partial charge in [0.1, 0.15) is 0 Å². The summed E-state index contributed by atoms with van der Waals surface area (Å²) in [6.07, 6.45) is 6.93. The molecule has 0 N–H and O–H groups in total. The number of carbonyl (C=O) groups excluding carboxylic acids is 1. The van der Waals surface area contributed by atoms with Crippen LogP contribution in [0.1, 0.15) is 10.4 Å². The van der Waals surface area contributed by atoms with Crippen molar-refractivity contribution in [3.63, 3.8) is 0 Å². The molecule has 0 amide bonds. The van der Waals surface area contributed by atoms with Crippen LogP contribution in [0.4, 0.5) is 0 Å². The summed E-state index contributed by atoms with van der Waals surface area (Å²) in [5.74, 6) is -0.0406. The van der Waals surface area contributed by atoms with Crippen LogP contribution < -0.4 is 0 Å². The maximum absolute atomic E-state index is 11.6. The van der Waals surface area contributed by atoms with Crippen molar-refractivity contribution in [1.82, 2.24) is 14.8 Å². The van der Waals surface area contributed by atoms with E-state index in [1.807, 2.05) is 12.1 Å². The van der Waals surface area contributed by atoms with Crippen LogP contribution in [0.25, 0.3) is 0 Å². The highest BCUT2D eigenvalue weighted by Gasteiger charge is 2.04. The van der Waals surface area contributed by atoms with Crippen molar-refractivity contribution in [2.24, 2.45) is 0 Å². The van der Waals surface area contributed by atoms with Gasteiger partial charge < -0.3 is 0 Å². The van der Waals surface area contributed by atoms with Gasteiger partial charge in [0.25, 0.3) is 5.91 Å². The van der Waals surface area contributed by atoms with Gasteiger partial charge in [-0.05, 0) is 23.8 Å². The lowest BCUT2D eigenvalue weighted by atomic mass is 10.2. The normalized spacial score (nSPS) is 10.0. The maximum Gasteiger partial charge on any atom is 0.251 e. The molecule has 2 rings (SSSR count). The smallest absolute Gasteiger partial charge is 0.251 e. The van der Waals surface area contributed by atoms with E-state index in [2.05, 4.69) is 10.1 Å². The van der Waals surface area contributed by atoms with Gasteiger partial charge in [-0.1, -0.05) is 0 Å². The predicted molar refractivity (Wildman–Crippen MR) is 50.8 cm³/mol. The lowest BCUT2D eigenvalue weighted by molar-refractivity contribution is 0.0898. The van der Waals surface area contributed by atoms with Crippen LogP contribution in [0.3, 0.4) is 0 Å². The molecule has 0 fully saturated rings. The Bertz CT molecular complexity index is 408. The number of hydrogen-bond acceptors (Lipinski definition) is 3. The topological polar surface area (TPSA) is 47.8 Å². The van der Waals surface area contributed by atoms with Crippen LogP contribution in [0, 0.1) is 0 Å². The summed E-state index contributed by atoms with van der Waals surface area (Å²) in [6, 6.07) is 5.37. The van der Waals surface area contributed by atoms with Crippen molar-refractivity contribution in [1.29, 1.82) is 0 Å². The highest BCUT2D eigenvalue weighted by atomic mass is 16.2. The summed E-state index contributed by atoms with van der Waals surface area (Å²) < 4.78 is 1.33. The van der Waals surface area contributed by atoms with Gasteiger partial charge in [0, 0.05) is 24.8 Å². The summed E-state index contributed by atoms with van der Waals surface area (Å²) >= 11 is 0. The molecule has 0 atom stereocenters. The molecule has 0 unspecified atom stereocenters. The number of pyridine rings is 1. The summed E-state index contributed by atoms with van der Waals surface area (Å²) in [6.45, 7) is 0. The number of aromatic nitrogens is 3. The van der Waals surface area contributed by atoms with Gasteiger partial charge in [-0.2, -0.15) is 5.10 Å². The highest BCUT2D eigenvalue weighted by molar-refractivity contribution is 5.80. The van der Waals surface area contributed by atoms with Gasteiger partial charge in [0.05, 0.1) is 6.42 Å².